The van der Waals surface area contributed by atoms with Crippen LogP contribution in [0.5, 0.6) is 0 Å². The molecule has 1 aromatic carbocycles. The summed E-state index contributed by atoms with van der Waals surface area (Å²) < 4.78 is 2.03. The van der Waals surface area contributed by atoms with E-state index in [1.807, 2.05) is 22.9 Å². The fourth-order valence-corrected chi connectivity index (χ4v) is 3.78. The first kappa shape index (κ1) is 19.3. The molecular formula is C20H30ClN5. The van der Waals surface area contributed by atoms with E-state index in [0.717, 1.165) is 60.4 Å². The number of hydrogen-bond acceptors (Lipinski definition) is 4. The third-order valence-corrected chi connectivity index (χ3v) is 5.33. The van der Waals surface area contributed by atoms with Gasteiger partial charge in [0, 0.05) is 43.5 Å². The van der Waals surface area contributed by atoms with Gasteiger partial charge in [0.1, 0.15) is 5.82 Å². The minimum atomic E-state index is 0.455. The highest BCUT2D eigenvalue weighted by Gasteiger charge is 2.25. The molecule has 1 atom stereocenters. The molecule has 0 bridgehead atoms. The quantitative estimate of drug-likeness (QED) is 0.804. The number of likely N-dealkylation sites (N-methyl/N-ethyl adjacent to an activating group) is 2. The van der Waals surface area contributed by atoms with Crippen molar-refractivity contribution in [1.82, 2.24) is 24.6 Å². The van der Waals surface area contributed by atoms with Crippen molar-refractivity contribution in [1.29, 1.82) is 0 Å². The van der Waals surface area contributed by atoms with Gasteiger partial charge in [-0.3, -0.25) is 0 Å². The zero-order chi connectivity index (χ0) is 18.8. The monoisotopic (exact) mass is 375 g/mol. The molecule has 142 valence electrons. The van der Waals surface area contributed by atoms with E-state index in [-0.39, 0.29) is 0 Å². The van der Waals surface area contributed by atoms with Crippen molar-refractivity contribution in [3.8, 4) is 5.69 Å². The first-order chi connectivity index (χ1) is 12.3. The van der Waals surface area contributed by atoms with Crippen LogP contribution in [0, 0.1) is 12.8 Å². The summed E-state index contributed by atoms with van der Waals surface area (Å²) in [6, 6.07) is 6.42. The van der Waals surface area contributed by atoms with Crippen molar-refractivity contribution < 1.29 is 0 Å². The van der Waals surface area contributed by atoms with Crippen LogP contribution in [-0.2, 0) is 12.8 Å². The van der Waals surface area contributed by atoms with Crippen molar-refractivity contribution in [2.45, 2.75) is 39.7 Å². The first-order valence-corrected chi connectivity index (χ1v) is 9.81. The summed E-state index contributed by atoms with van der Waals surface area (Å²) in [7, 11) is 4.40. The predicted octanol–water partition coefficient (Wildman–Crippen LogP) is 3.22. The number of halogens is 1. The minimum Gasteiger partial charge on any atom is -0.304 e. The van der Waals surface area contributed by atoms with Gasteiger partial charge in [0.15, 0.2) is 5.82 Å². The Labute approximate surface area is 162 Å². The van der Waals surface area contributed by atoms with Gasteiger partial charge in [0.05, 0.1) is 5.69 Å². The fourth-order valence-electron chi connectivity index (χ4n) is 3.56. The Hall–Kier alpha value is -1.43. The molecule has 3 rings (SSSR count). The highest BCUT2D eigenvalue weighted by molar-refractivity contribution is 6.30. The minimum absolute atomic E-state index is 0.455. The van der Waals surface area contributed by atoms with Crippen LogP contribution in [0.15, 0.2) is 18.2 Å². The highest BCUT2D eigenvalue weighted by atomic mass is 35.5. The average Bonchev–Trinajstić information content (AvgIpc) is 2.92. The van der Waals surface area contributed by atoms with Gasteiger partial charge in [0.2, 0.25) is 0 Å². The number of aromatic nitrogens is 3. The van der Waals surface area contributed by atoms with Crippen LogP contribution in [-0.4, -0.2) is 64.3 Å². The molecule has 0 radical (unpaired) electrons. The molecular weight excluding hydrogens is 346 g/mol. The van der Waals surface area contributed by atoms with Gasteiger partial charge >= 0.3 is 0 Å². The molecule has 6 heteroatoms. The molecule has 1 aliphatic rings. The Morgan fingerprint density at radius 1 is 1.23 bits per heavy atom. The standard InChI is InChI=1S/C20H30ClN5/c1-14(2)10-19-22-20(12-17-13-24(4)8-9-25(17)5)26(23-19)18-7-6-16(21)11-15(18)3/h6-7,11,14,17H,8-10,12-13H2,1-5H3. The Bertz CT molecular complexity index is 755. The molecule has 0 N–H and O–H groups in total. The Balaban J connectivity index is 1.95. The third kappa shape index (κ3) is 4.45. The van der Waals surface area contributed by atoms with E-state index < -0.39 is 0 Å². The van der Waals surface area contributed by atoms with E-state index in [1.54, 1.807) is 0 Å². The SMILES string of the molecule is Cc1cc(Cl)ccc1-n1nc(CC(C)C)nc1CC1CN(C)CCN1C. The number of piperazine rings is 1. The number of rotatable bonds is 5. The Morgan fingerprint density at radius 3 is 2.69 bits per heavy atom. The molecule has 0 spiro atoms. The maximum atomic E-state index is 6.15. The summed E-state index contributed by atoms with van der Waals surface area (Å²) >= 11 is 6.15. The number of aryl methyl sites for hydroxylation is 1. The van der Waals surface area contributed by atoms with Crippen LogP contribution >= 0.6 is 11.6 Å². The molecule has 1 aromatic heterocycles. The lowest BCUT2D eigenvalue weighted by molar-refractivity contribution is 0.113. The summed E-state index contributed by atoms with van der Waals surface area (Å²) in [5.41, 5.74) is 2.19. The van der Waals surface area contributed by atoms with Gasteiger partial charge in [-0.05, 0) is 50.7 Å². The summed E-state index contributed by atoms with van der Waals surface area (Å²) in [5, 5.41) is 5.60. The second kappa shape index (κ2) is 8.07. The van der Waals surface area contributed by atoms with E-state index in [4.69, 9.17) is 21.7 Å². The zero-order valence-electron chi connectivity index (χ0n) is 16.5. The van der Waals surface area contributed by atoms with Gasteiger partial charge in [-0.15, -0.1) is 0 Å². The number of hydrogen-bond donors (Lipinski definition) is 0. The fraction of sp³-hybridized carbons (Fsp3) is 0.600. The number of nitrogens with zero attached hydrogens (tertiary/aromatic N) is 5. The van der Waals surface area contributed by atoms with Crippen LogP contribution in [0.3, 0.4) is 0 Å². The zero-order valence-corrected chi connectivity index (χ0v) is 17.3. The lowest BCUT2D eigenvalue weighted by Crippen LogP contribution is -2.51. The molecule has 26 heavy (non-hydrogen) atoms. The average molecular weight is 376 g/mol. The largest absolute Gasteiger partial charge is 0.304 e. The van der Waals surface area contributed by atoms with Gasteiger partial charge in [-0.25, -0.2) is 9.67 Å². The number of benzene rings is 1. The van der Waals surface area contributed by atoms with E-state index in [0.29, 0.717) is 12.0 Å². The van der Waals surface area contributed by atoms with Crippen LogP contribution < -0.4 is 0 Å². The highest BCUT2D eigenvalue weighted by Crippen LogP contribution is 2.22. The van der Waals surface area contributed by atoms with Gasteiger partial charge in [-0.2, -0.15) is 5.10 Å². The summed E-state index contributed by atoms with van der Waals surface area (Å²) in [6.07, 6.45) is 1.79. The summed E-state index contributed by atoms with van der Waals surface area (Å²) in [6.45, 7) is 9.76. The molecule has 5 nitrogen and oxygen atoms in total. The molecule has 1 saturated heterocycles. The van der Waals surface area contributed by atoms with Crippen LogP contribution in [0.1, 0.15) is 31.1 Å². The van der Waals surface area contributed by atoms with Crippen molar-refractivity contribution in [3.63, 3.8) is 0 Å². The van der Waals surface area contributed by atoms with Crippen molar-refractivity contribution in [2.24, 2.45) is 5.92 Å². The third-order valence-electron chi connectivity index (χ3n) is 5.09. The van der Waals surface area contributed by atoms with E-state index in [1.165, 1.54) is 0 Å². The molecule has 0 amide bonds. The van der Waals surface area contributed by atoms with Gasteiger partial charge in [-0.1, -0.05) is 25.4 Å². The predicted molar refractivity (Wildman–Crippen MR) is 107 cm³/mol. The lowest BCUT2D eigenvalue weighted by atomic mass is 10.1. The van der Waals surface area contributed by atoms with E-state index in [2.05, 4.69) is 44.7 Å². The Morgan fingerprint density at radius 2 is 2.00 bits per heavy atom. The second-order valence-electron chi connectivity index (χ2n) is 7.99. The molecule has 1 fully saturated rings. The maximum Gasteiger partial charge on any atom is 0.151 e. The lowest BCUT2D eigenvalue weighted by Gasteiger charge is -2.37. The van der Waals surface area contributed by atoms with Crippen LogP contribution in [0.4, 0.5) is 0 Å². The van der Waals surface area contributed by atoms with Crippen molar-refractivity contribution in [3.05, 3.63) is 40.4 Å². The molecule has 0 aliphatic carbocycles. The molecule has 0 saturated carbocycles. The maximum absolute atomic E-state index is 6.15. The summed E-state index contributed by atoms with van der Waals surface area (Å²) in [4.78, 5) is 9.75. The second-order valence-corrected chi connectivity index (χ2v) is 8.42. The molecule has 1 aliphatic heterocycles. The molecule has 2 heterocycles. The molecule has 2 aromatic rings. The smallest absolute Gasteiger partial charge is 0.151 e. The van der Waals surface area contributed by atoms with Gasteiger partial charge < -0.3 is 9.80 Å². The van der Waals surface area contributed by atoms with Crippen LogP contribution in [0.2, 0.25) is 5.02 Å². The van der Waals surface area contributed by atoms with Gasteiger partial charge in [0.25, 0.3) is 0 Å². The normalized spacial score (nSPS) is 19.4. The van der Waals surface area contributed by atoms with Crippen molar-refractivity contribution >= 4 is 11.6 Å². The Kier molecular flexibility index (Phi) is 6.00. The van der Waals surface area contributed by atoms with E-state index in [9.17, 15) is 0 Å². The van der Waals surface area contributed by atoms with Crippen molar-refractivity contribution in [2.75, 3.05) is 33.7 Å². The molecule has 1 unspecified atom stereocenters. The van der Waals surface area contributed by atoms with E-state index >= 15 is 0 Å². The van der Waals surface area contributed by atoms with Crippen LogP contribution in [0.25, 0.3) is 5.69 Å². The first-order valence-electron chi connectivity index (χ1n) is 9.43. The topological polar surface area (TPSA) is 37.2 Å². The summed E-state index contributed by atoms with van der Waals surface area (Å²) in [5.74, 6) is 2.50.